The lowest BCUT2D eigenvalue weighted by atomic mass is 10.1. The van der Waals surface area contributed by atoms with Crippen LogP contribution in [0.25, 0.3) is 11.0 Å². The highest BCUT2D eigenvalue weighted by Crippen LogP contribution is 2.35. The molecule has 0 aliphatic rings. The van der Waals surface area contributed by atoms with Crippen LogP contribution in [-0.2, 0) is 12.4 Å². The molecule has 0 radical (unpaired) electrons. The average molecular weight is 224 g/mol. The number of nitrogens with two attached hydrogens (primary N) is 1. The molecule has 1 aromatic heterocycles. The standard InChI is InChI=1S/C8H8N4S2/c1-3-5(9)6(10-13)4(2)8-7(3)11-14-12-8/h9H2,1-2H3. The maximum Gasteiger partial charge on any atom is 0.110 e. The van der Waals surface area contributed by atoms with Crippen molar-refractivity contribution >= 4 is 46.6 Å². The topological polar surface area (TPSA) is 64.2 Å². The van der Waals surface area contributed by atoms with Crippen molar-refractivity contribution < 1.29 is 0 Å². The molecule has 0 fully saturated rings. The molecular weight excluding hydrogens is 216 g/mol. The molecule has 72 valence electrons. The quantitative estimate of drug-likeness (QED) is 0.754. The van der Waals surface area contributed by atoms with Crippen molar-refractivity contribution in [3.05, 3.63) is 11.1 Å². The van der Waals surface area contributed by atoms with Gasteiger partial charge in [-0.1, -0.05) is 0 Å². The zero-order valence-electron chi connectivity index (χ0n) is 7.74. The monoisotopic (exact) mass is 224 g/mol. The van der Waals surface area contributed by atoms with Crippen molar-refractivity contribution in [2.45, 2.75) is 13.8 Å². The molecule has 0 unspecified atom stereocenters. The Labute approximate surface area is 90.6 Å². The molecule has 1 heterocycles. The zero-order valence-corrected chi connectivity index (χ0v) is 9.37. The first kappa shape index (κ1) is 9.42. The lowest BCUT2D eigenvalue weighted by Gasteiger charge is -2.06. The molecule has 0 bridgehead atoms. The maximum atomic E-state index is 5.90. The third-order valence-corrected chi connectivity index (χ3v) is 3.02. The van der Waals surface area contributed by atoms with Gasteiger partial charge in [0.25, 0.3) is 0 Å². The Hall–Kier alpha value is -1.14. The fraction of sp³-hybridized carbons (Fsp3) is 0.250. The fourth-order valence-corrected chi connectivity index (χ4v) is 2.30. The predicted molar refractivity (Wildman–Crippen MR) is 60.8 cm³/mol. The van der Waals surface area contributed by atoms with Crippen LogP contribution in [0, 0.1) is 13.8 Å². The lowest BCUT2D eigenvalue weighted by Crippen LogP contribution is -1.94. The Morgan fingerprint density at radius 3 is 2.36 bits per heavy atom. The number of nitrogens with zero attached hydrogens (tertiary/aromatic N) is 3. The van der Waals surface area contributed by atoms with Crippen molar-refractivity contribution in [1.82, 2.24) is 8.75 Å². The first-order valence-corrected chi connectivity index (χ1v) is 5.10. The van der Waals surface area contributed by atoms with Crippen LogP contribution in [0.3, 0.4) is 0 Å². The van der Waals surface area contributed by atoms with E-state index in [1.54, 1.807) is 0 Å². The van der Waals surface area contributed by atoms with E-state index >= 15 is 0 Å². The molecule has 2 rings (SSSR count). The highest BCUT2D eigenvalue weighted by molar-refractivity contribution is 7.47. The summed E-state index contributed by atoms with van der Waals surface area (Å²) in [6.07, 6.45) is 0. The second-order valence-corrected chi connectivity index (χ2v) is 3.78. The number of rotatable bonds is 1. The van der Waals surface area contributed by atoms with Crippen molar-refractivity contribution in [3.8, 4) is 0 Å². The summed E-state index contributed by atoms with van der Waals surface area (Å²) in [5, 5.41) is 0. The summed E-state index contributed by atoms with van der Waals surface area (Å²) in [6, 6.07) is 0. The summed E-state index contributed by atoms with van der Waals surface area (Å²) in [6.45, 7) is 3.81. The molecule has 0 aliphatic heterocycles. The minimum atomic E-state index is 0.609. The number of aryl methyl sites for hydroxylation is 2. The molecule has 0 saturated heterocycles. The van der Waals surface area contributed by atoms with E-state index in [2.05, 4.69) is 13.1 Å². The van der Waals surface area contributed by atoms with Crippen molar-refractivity contribution in [2.75, 3.05) is 5.73 Å². The fourth-order valence-electron chi connectivity index (χ4n) is 1.42. The third kappa shape index (κ3) is 1.11. The smallest absolute Gasteiger partial charge is 0.110 e. The van der Waals surface area contributed by atoms with Gasteiger partial charge < -0.3 is 5.73 Å². The Kier molecular flexibility index (Phi) is 2.16. The van der Waals surface area contributed by atoms with Gasteiger partial charge in [0, 0.05) is 23.6 Å². The van der Waals surface area contributed by atoms with Gasteiger partial charge in [-0.15, -0.1) is 0 Å². The van der Waals surface area contributed by atoms with Crippen LogP contribution < -0.4 is 5.73 Å². The number of hydrogen-bond acceptors (Lipinski definition) is 6. The molecule has 1 aromatic carbocycles. The lowest BCUT2D eigenvalue weighted by molar-refractivity contribution is 1.39. The Balaban J connectivity index is 3.01. The molecule has 0 atom stereocenters. The van der Waals surface area contributed by atoms with Gasteiger partial charge in [-0.25, -0.2) is 0 Å². The average Bonchev–Trinajstić information content (AvgIpc) is 2.64. The number of nitrogen functional groups attached to an aromatic ring is 1. The molecule has 14 heavy (non-hydrogen) atoms. The summed E-state index contributed by atoms with van der Waals surface area (Å²) < 4.78 is 12.1. The number of aromatic nitrogens is 2. The van der Waals surface area contributed by atoms with E-state index in [0.717, 1.165) is 22.2 Å². The molecule has 0 amide bonds. The van der Waals surface area contributed by atoms with Crippen LogP contribution in [0.15, 0.2) is 4.36 Å². The van der Waals surface area contributed by atoms with Gasteiger partial charge in [-0.2, -0.15) is 13.1 Å². The molecular formula is C8H8N4S2. The van der Waals surface area contributed by atoms with Gasteiger partial charge in [0.2, 0.25) is 0 Å². The molecule has 0 aliphatic carbocycles. The van der Waals surface area contributed by atoms with Gasteiger partial charge in [-0.3, -0.25) is 0 Å². The van der Waals surface area contributed by atoms with E-state index in [4.69, 9.17) is 18.2 Å². The van der Waals surface area contributed by atoms with Gasteiger partial charge in [0.15, 0.2) is 0 Å². The van der Waals surface area contributed by atoms with Crippen LogP contribution in [0.5, 0.6) is 0 Å². The van der Waals surface area contributed by atoms with Gasteiger partial charge >= 0.3 is 0 Å². The second-order valence-electron chi connectivity index (χ2n) is 3.07. The van der Waals surface area contributed by atoms with Gasteiger partial charge in [0.05, 0.1) is 17.4 Å². The van der Waals surface area contributed by atoms with E-state index in [1.165, 1.54) is 11.7 Å². The van der Waals surface area contributed by atoms with E-state index in [0.29, 0.717) is 11.4 Å². The SMILES string of the molecule is Cc1c(N)c(N=S)c(C)c2nsnc12. The Morgan fingerprint density at radius 2 is 1.79 bits per heavy atom. The second kappa shape index (κ2) is 3.21. The molecule has 2 aromatic rings. The predicted octanol–water partition coefficient (Wildman–Crippen LogP) is 2.25. The van der Waals surface area contributed by atoms with Crippen molar-refractivity contribution in [3.63, 3.8) is 0 Å². The first-order valence-electron chi connectivity index (χ1n) is 4.01. The van der Waals surface area contributed by atoms with Crippen LogP contribution in [0.4, 0.5) is 11.4 Å². The minimum Gasteiger partial charge on any atom is -0.397 e. The van der Waals surface area contributed by atoms with Gasteiger partial charge in [-0.05, 0) is 13.8 Å². The largest absolute Gasteiger partial charge is 0.397 e. The van der Waals surface area contributed by atoms with Gasteiger partial charge in [0.1, 0.15) is 16.7 Å². The molecule has 6 heteroatoms. The van der Waals surface area contributed by atoms with E-state index < -0.39 is 0 Å². The number of fused-ring (bicyclic) bond motifs is 1. The molecule has 4 nitrogen and oxygen atoms in total. The first-order chi connectivity index (χ1) is 6.66. The summed E-state index contributed by atoms with van der Waals surface area (Å²) >= 11 is 5.87. The Morgan fingerprint density at radius 1 is 1.21 bits per heavy atom. The van der Waals surface area contributed by atoms with Crippen LogP contribution in [-0.4, -0.2) is 8.75 Å². The third-order valence-electron chi connectivity index (χ3n) is 2.30. The number of benzene rings is 1. The Bertz CT molecular complexity index is 518. The van der Waals surface area contributed by atoms with Crippen LogP contribution in [0.1, 0.15) is 11.1 Å². The molecule has 2 N–H and O–H groups in total. The maximum absolute atomic E-state index is 5.90. The van der Waals surface area contributed by atoms with Crippen LogP contribution in [0.2, 0.25) is 0 Å². The van der Waals surface area contributed by atoms with E-state index in [1.807, 2.05) is 13.8 Å². The molecule has 0 saturated carbocycles. The summed E-state index contributed by atoms with van der Waals surface area (Å²) in [5.74, 6) is 0. The summed E-state index contributed by atoms with van der Waals surface area (Å²) in [5.41, 5.74) is 10.7. The number of hydrogen-bond donors (Lipinski definition) is 1. The van der Waals surface area contributed by atoms with Crippen molar-refractivity contribution in [2.24, 2.45) is 4.36 Å². The summed E-state index contributed by atoms with van der Waals surface area (Å²) in [4.78, 5) is 0. The minimum absolute atomic E-state index is 0.609. The summed E-state index contributed by atoms with van der Waals surface area (Å²) in [7, 11) is 0. The van der Waals surface area contributed by atoms with E-state index in [9.17, 15) is 0 Å². The molecule has 0 spiro atoms. The van der Waals surface area contributed by atoms with Crippen molar-refractivity contribution in [1.29, 1.82) is 0 Å². The van der Waals surface area contributed by atoms with E-state index in [-0.39, 0.29) is 0 Å². The normalized spacial score (nSPS) is 10.7. The zero-order chi connectivity index (χ0) is 10.3. The highest BCUT2D eigenvalue weighted by Gasteiger charge is 2.14. The number of anilines is 1. The van der Waals surface area contributed by atoms with Crippen LogP contribution >= 0.6 is 11.7 Å². The highest BCUT2D eigenvalue weighted by atomic mass is 32.1.